The van der Waals surface area contributed by atoms with Crippen LogP contribution in [0.1, 0.15) is 50.2 Å². The van der Waals surface area contributed by atoms with Gasteiger partial charge < -0.3 is 4.74 Å². The molecule has 0 aromatic heterocycles. The zero-order chi connectivity index (χ0) is 16.4. The third-order valence-corrected chi connectivity index (χ3v) is 5.25. The second-order valence-electron chi connectivity index (χ2n) is 6.64. The minimum Gasteiger partial charge on any atom is -0.497 e. The zero-order valence-corrected chi connectivity index (χ0v) is 14.2. The van der Waals surface area contributed by atoms with Gasteiger partial charge in [-0.1, -0.05) is 44.9 Å². The molecule has 0 aliphatic heterocycles. The highest BCUT2D eigenvalue weighted by atomic mass is 19.1. The Kier molecular flexibility index (Phi) is 4.70. The van der Waals surface area contributed by atoms with Crippen molar-refractivity contribution >= 4 is 0 Å². The van der Waals surface area contributed by atoms with E-state index in [0.717, 1.165) is 12.0 Å². The van der Waals surface area contributed by atoms with E-state index in [1.807, 2.05) is 6.07 Å². The molecule has 0 radical (unpaired) electrons. The van der Waals surface area contributed by atoms with Crippen molar-refractivity contribution in [2.24, 2.45) is 5.92 Å². The fourth-order valence-electron chi connectivity index (χ4n) is 3.83. The van der Waals surface area contributed by atoms with Crippen LogP contribution in [0.15, 0.2) is 36.4 Å². The third-order valence-electron chi connectivity index (χ3n) is 5.25. The molecule has 2 atom stereocenters. The van der Waals surface area contributed by atoms with Crippen molar-refractivity contribution in [3.05, 3.63) is 53.3 Å². The number of benzene rings is 2. The molecule has 1 aliphatic carbocycles. The summed E-state index contributed by atoms with van der Waals surface area (Å²) in [6, 6.07) is 11.5. The van der Waals surface area contributed by atoms with Gasteiger partial charge in [0, 0.05) is 5.56 Å². The standard InChI is InChI=1S/C21H25FO/c1-4-15-8-10-18(19(12-15)17-7-5-6-14(17)2)20-13-16(23-3)9-11-21(20)22/h8-14,17H,4-7H2,1-3H3/t14-,17-/m1/s1. The van der Waals surface area contributed by atoms with E-state index >= 15 is 0 Å². The largest absolute Gasteiger partial charge is 0.497 e. The maximum Gasteiger partial charge on any atom is 0.131 e. The van der Waals surface area contributed by atoms with Crippen LogP contribution in [0.25, 0.3) is 11.1 Å². The van der Waals surface area contributed by atoms with Gasteiger partial charge in [-0.3, -0.25) is 0 Å². The first-order valence-electron chi connectivity index (χ1n) is 8.60. The summed E-state index contributed by atoms with van der Waals surface area (Å²) in [5.41, 5.74) is 4.31. The minimum absolute atomic E-state index is 0.179. The van der Waals surface area contributed by atoms with E-state index in [1.54, 1.807) is 13.2 Å². The van der Waals surface area contributed by atoms with Crippen molar-refractivity contribution in [3.8, 4) is 16.9 Å². The van der Waals surface area contributed by atoms with Gasteiger partial charge in [0.05, 0.1) is 7.11 Å². The molecule has 2 heteroatoms. The highest BCUT2D eigenvalue weighted by Gasteiger charge is 2.28. The molecule has 0 bridgehead atoms. The van der Waals surface area contributed by atoms with Gasteiger partial charge in [-0.2, -0.15) is 0 Å². The predicted octanol–water partition coefficient (Wildman–Crippen LogP) is 5.97. The summed E-state index contributed by atoms with van der Waals surface area (Å²) in [6.45, 7) is 4.49. The van der Waals surface area contributed by atoms with E-state index in [9.17, 15) is 4.39 Å². The van der Waals surface area contributed by atoms with Crippen molar-refractivity contribution in [2.45, 2.75) is 45.4 Å². The molecule has 0 saturated heterocycles. The van der Waals surface area contributed by atoms with Crippen molar-refractivity contribution in [2.75, 3.05) is 7.11 Å². The molecule has 0 unspecified atom stereocenters. The van der Waals surface area contributed by atoms with Crippen LogP contribution < -0.4 is 4.74 Å². The number of ether oxygens (including phenoxy) is 1. The lowest BCUT2D eigenvalue weighted by atomic mass is 9.83. The highest BCUT2D eigenvalue weighted by Crippen LogP contribution is 2.44. The van der Waals surface area contributed by atoms with Crippen molar-refractivity contribution < 1.29 is 9.13 Å². The lowest BCUT2D eigenvalue weighted by Gasteiger charge is -2.21. The summed E-state index contributed by atoms with van der Waals surface area (Å²) in [5.74, 6) is 1.71. The summed E-state index contributed by atoms with van der Waals surface area (Å²) in [4.78, 5) is 0. The van der Waals surface area contributed by atoms with Crippen LogP contribution in [0.3, 0.4) is 0 Å². The molecule has 2 aromatic rings. The van der Waals surface area contributed by atoms with Crippen LogP contribution in [-0.2, 0) is 6.42 Å². The number of hydrogen-bond acceptors (Lipinski definition) is 1. The Bertz CT molecular complexity index is 692. The SMILES string of the molecule is CCc1ccc(-c2cc(OC)ccc2F)c([C@@H]2CCC[C@H]2C)c1. The van der Waals surface area contributed by atoms with Gasteiger partial charge in [0.2, 0.25) is 0 Å². The van der Waals surface area contributed by atoms with Crippen LogP contribution in [-0.4, -0.2) is 7.11 Å². The molecule has 1 saturated carbocycles. The molecule has 122 valence electrons. The summed E-state index contributed by atoms with van der Waals surface area (Å²) in [6.07, 6.45) is 4.74. The molecule has 0 heterocycles. The molecule has 2 aromatic carbocycles. The van der Waals surface area contributed by atoms with Crippen molar-refractivity contribution in [1.82, 2.24) is 0 Å². The molecule has 23 heavy (non-hydrogen) atoms. The van der Waals surface area contributed by atoms with Crippen molar-refractivity contribution in [3.63, 3.8) is 0 Å². The van der Waals surface area contributed by atoms with E-state index in [1.165, 1.54) is 36.5 Å². The first kappa shape index (κ1) is 16.0. The minimum atomic E-state index is -0.179. The zero-order valence-electron chi connectivity index (χ0n) is 14.2. The lowest BCUT2D eigenvalue weighted by Crippen LogP contribution is -2.05. The molecule has 0 amide bonds. The fourth-order valence-corrected chi connectivity index (χ4v) is 3.83. The molecule has 1 nitrogen and oxygen atoms in total. The fraction of sp³-hybridized carbons (Fsp3) is 0.429. The highest BCUT2D eigenvalue weighted by molar-refractivity contribution is 5.70. The Morgan fingerprint density at radius 3 is 2.57 bits per heavy atom. The van der Waals surface area contributed by atoms with Gasteiger partial charge in [-0.15, -0.1) is 0 Å². The summed E-state index contributed by atoms with van der Waals surface area (Å²) >= 11 is 0. The smallest absolute Gasteiger partial charge is 0.131 e. The van der Waals surface area contributed by atoms with Gasteiger partial charge in [-0.25, -0.2) is 4.39 Å². The monoisotopic (exact) mass is 312 g/mol. The molecule has 0 N–H and O–H groups in total. The van der Waals surface area contributed by atoms with E-state index in [4.69, 9.17) is 4.74 Å². The number of aryl methyl sites for hydroxylation is 1. The normalized spacial score (nSPS) is 20.7. The maximum absolute atomic E-state index is 14.5. The summed E-state index contributed by atoms with van der Waals surface area (Å²) in [5, 5.41) is 0. The Morgan fingerprint density at radius 1 is 1.09 bits per heavy atom. The number of hydrogen-bond donors (Lipinski definition) is 0. The van der Waals surface area contributed by atoms with Crippen LogP contribution >= 0.6 is 0 Å². The quantitative estimate of drug-likeness (QED) is 0.676. The van der Waals surface area contributed by atoms with Crippen LogP contribution in [0.4, 0.5) is 4.39 Å². The Hall–Kier alpha value is -1.83. The molecule has 0 spiro atoms. The van der Waals surface area contributed by atoms with Crippen LogP contribution in [0, 0.1) is 11.7 Å². The van der Waals surface area contributed by atoms with Crippen molar-refractivity contribution in [1.29, 1.82) is 0 Å². The van der Waals surface area contributed by atoms with Gasteiger partial charge in [0.25, 0.3) is 0 Å². The molecular weight excluding hydrogens is 287 g/mol. The molecule has 1 aliphatic rings. The van der Waals surface area contributed by atoms with Gasteiger partial charge in [0.1, 0.15) is 11.6 Å². The average molecular weight is 312 g/mol. The second-order valence-corrected chi connectivity index (χ2v) is 6.64. The van der Waals surface area contributed by atoms with Gasteiger partial charge in [-0.05, 0) is 59.6 Å². The van der Waals surface area contributed by atoms with E-state index in [0.29, 0.717) is 23.1 Å². The number of methoxy groups -OCH3 is 1. The number of halogens is 1. The summed E-state index contributed by atoms with van der Waals surface area (Å²) < 4.78 is 19.8. The first-order chi connectivity index (χ1) is 11.1. The lowest BCUT2D eigenvalue weighted by molar-refractivity contribution is 0.414. The number of rotatable bonds is 4. The predicted molar refractivity (Wildman–Crippen MR) is 93.5 cm³/mol. The second kappa shape index (κ2) is 6.74. The molecule has 1 fully saturated rings. The third kappa shape index (κ3) is 3.12. The summed E-state index contributed by atoms with van der Waals surface area (Å²) in [7, 11) is 1.62. The van der Waals surface area contributed by atoms with Crippen LogP contribution in [0.2, 0.25) is 0 Å². The van der Waals surface area contributed by atoms with Gasteiger partial charge in [0.15, 0.2) is 0 Å². The first-order valence-corrected chi connectivity index (χ1v) is 8.60. The van der Waals surface area contributed by atoms with Crippen LogP contribution in [0.5, 0.6) is 5.75 Å². The van der Waals surface area contributed by atoms with E-state index in [-0.39, 0.29) is 5.82 Å². The Morgan fingerprint density at radius 2 is 1.91 bits per heavy atom. The average Bonchev–Trinajstić information content (AvgIpc) is 3.01. The van der Waals surface area contributed by atoms with E-state index in [2.05, 4.69) is 32.0 Å². The van der Waals surface area contributed by atoms with Gasteiger partial charge >= 0.3 is 0 Å². The molecular formula is C21H25FO. The molecule has 3 rings (SSSR count). The maximum atomic E-state index is 14.5. The van der Waals surface area contributed by atoms with E-state index < -0.39 is 0 Å². The Balaban J connectivity index is 2.15. The topological polar surface area (TPSA) is 9.23 Å². The Labute approximate surface area is 138 Å².